The Labute approximate surface area is 113 Å². The Bertz CT molecular complexity index is 583. The van der Waals surface area contributed by atoms with Crippen molar-refractivity contribution in [2.75, 3.05) is 11.1 Å². The van der Waals surface area contributed by atoms with Gasteiger partial charge in [0.15, 0.2) is 0 Å². The molecule has 0 unspecified atom stereocenters. The number of rotatable bonds is 3. The van der Waals surface area contributed by atoms with Crippen molar-refractivity contribution in [3.8, 4) is 0 Å². The standard InChI is InChI=1S/C10H9Cl2N5O/c11-7-2-1-6(3-8(7)12)15-9(18)4-17-5-14-10(13)16-17/h1-3,5H,4H2,(H2,13,16)(H,15,18). The van der Waals surface area contributed by atoms with E-state index in [0.717, 1.165) is 0 Å². The second-order valence-electron chi connectivity index (χ2n) is 3.48. The molecule has 0 radical (unpaired) electrons. The summed E-state index contributed by atoms with van der Waals surface area (Å²) in [6, 6.07) is 4.83. The van der Waals surface area contributed by atoms with Crippen molar-refractivity contribution < 1.29 is 4.79 Å². The zero-order valence-electron chi connectivity index (χ0n) is 9.10. The first kappa shape index (κ1) is 12.7. The fourth-order valence-electron chi connectivity index (χ4n) is 1.31. The molecule has 1 heterocycles. The summed E-state index contributed by atoms with van der Waals surface area (Å²) in [6.45, 7) is 0.0183. The van der Waals surface area contributed by atoms with E-state index in [1.54, 1.807) is 18.2 Å². The van der Waals surface area contributed by atoms with Crippen LogP contribution in [-0.2, 0) is 11.3 Å². The molecule has 0 aliphatic carbocycles. The molecule has 0 spiro atoms. The van der Waals surface area contributed by atoms with Crippen LogP contribution in [0.2, 0.25) is 10.0 Å². The molecule has 2 rings (SSSR count). The summed E-state index contributed by atoms with van der Waals surface area (Å²) in [7, 11) is 0. The Morgan fingerprint density at radius 2 is 2.17 bits per heavy atom. The minimum absolute atomic E-state index is 0.0183. The normalized spacial score (nSPS) is 10.3. The quantitative estimate of drug-likeness (QED) is 0.901. The maximum absolute atomic E-state index is 11.7. The van der Waals surface area contributed by atoms with Crippen molar-refractivity contribution >= 4 is 40.7 Å². The summed E-state index contributed by atoms with van der Waals surface area (Å²) in [5.74, 6) is -0.143. The number of amides is 1. The Hall–Kier alpha value is -1.79. The molecular formula is C10H9Cl2N5O. The maximum Gasteiger partial charge on any atom is 0.246 e. The zero-order valence-corrected chi connectivity index (χ0v) is 10.6. The fourth-order valence-corrected chi connectivity index (χ4v) is 1.60. The van der Waals surface area contributed by atoms with Crippen LogP contribution in [0.25, 0.3) is 0 Å². The second kappa shape index (κ2) is 5.24. The van der Waals surface area contributed by atoms with E-state index in [-0.39, 0.29) is 18.4 Å². The van der Waals surface area contributed by atoms with Gasteiger partial charge < -0.3 is 11.1 Å². The van der Waals surface area contributed by atoms with Crippen LogP contribution in [0.4, 0.5) is 11.6 Å². The van der Waals surface area contributed by atoms with Gasteiger partial charge in [-0.3, -0.25) is 4.79 Å². The van der Waals surface area contributed by atoms with E-state index < -0.39 is 0 Å². The summed E-state index contributed by atoms with van der Waals surface area (Å²) < 4.78 is 1.34. The SMILES string of the molecule is Nc1ncn(CC(=O)Nc2ccc(Cl)c(Cl)c2)n1. The van der Waals surface area contributed by atoms with Crippen LogP contribution in [0, 0.1) is 0 Å². The first-order valence-corrected chi connectivity index (χ1v) is 5.70. The molecule has 0 saturated carbocycles. The van der Waals surface area contributed by atoms with E-state index in [4.69, 9.17) is 28.9 Å². The topological polar surface area (TPSA) is 85.8 Å². The lowest BCUT2D eigenvalue weighted by Crippen LogP contribution is -2.19. The molecule has 18 heavy (non-hydrogen) atoms. The Morgan fingerprint density at radius 3 is 2.78 bits per heavy atom. The first-order valence-electron chi connectivity index (χ1n) is 4.94. The van der Waals surface area contributed by atoms with Crippen molar-refractivity contribution in [3.63, 3.8) is 0 Å². The molecule has 3 N–H and O–H groups in total. The smallest absolute Gasteiger partial charge is 0.246 e. The lowest BCUT2D eigenvalue weighted by atomic mass is 10.3. The van der Waals surface area contributed by atoms with E-state index in [1.165, 1.54) is 11.0 Å². The number of nitrogens with one attached hydrogen (secondary N) is 1. The number of hydrogen-bond acceptors (Lipinski definition) is 4. The molecule has 94 valence electrons. The van der Waals surface area contributed by atoms with Crippen LogP contribution >= 0.6 is 23.2 Å². The van der Waals surface area contributed by atoms with Gasteiger partial charge in [-0.25, -0.2) is 9.67 Å². The molecule has 0 bridgehead atoms. The molecular weight excluding hydrogens is 277 g/mol. The van der Waals surface area contributed by atoms with Gasteiger partial charge in [-0.1, -0.05) is 23.2 Å². The third kappa shape index (κ3) is 3.12. The van der Waals surface area contributed by atoms with Crippen LogP contribution in [0.15, 0.2) is 24.5 Å². The number of carbonyl (C=O) groups excluding carboxylic acids is 1. The first-order chi connectivity index (χ1) is 8.54. The van der Waals surface area contributed by atoms with E-state index >= 15 is 0 Å². The van der Waals surface area contributed by atoms with Crippen molar-refractivity contribution in [2.45, 2.75) is 6.54 Å². The molecule has 1 aromatic carbocycles. The van der Waals surface area contributed by atoms with Crippen molar-refractivity contribution in [1.29, 1.82) is 0 Å². The van der Waals surface area contributed by atoms with Crippen LogP contribution in [-0.4, -0.2) is 20.7 Å². The summed E-state index contributed by atoms with van der Waals surface area (Å²) in [4.78, 5) is 15.4. The molecule has 2 aromatic rings. The molecule has 8 heteroatoms. The van der Waals surface area contributed by atoms with E-state index in [2.05, 4.69) is 15.4 Å². The van der Waals surface area contributed by atoms with E-state index in [0.29, 0.717) is 15.7 Å². The summed E-state index contributed by atoms with van der Waals surface area (Å²) >= 11 is 11.6. The number of carbonyl (C=O) groups is 1. The average Bonchev–Trinajstić information content (AvgIpc) is 2.69. The van der Waals surface area contributed by atoms with Crippen LogP contribution in [0.3, 0.4) is 0 Å². The Balaban J connectivity index is 2.00. The third-order valence-electron chi connectivity index (χ3n) is 2.06. The van der Waals surface area contributed by atoms with Crippen LogP contribution < -0.4 is 11.1 Å². The average molecular weight is 286 g/mol. The predicted molar refractivity (Wildman–Crippen MR) is 69.5 cm³/mol. The number of halogens is 2. The minimum Gasteiger partial charge on any atom is -0.367 e. The van der Waals surface area contributed by atoms with Gasteiger partial charge in [0.1, 0.15) is 12.9 Å². The number of nitrogen functional groups attached to an aromatic ring is 1. The van der Waals surface area contributed by atoms with E-state index in [9.17, 15) is 4.79 Å². The summed E-state index contributed by atoms with van der Waals surface area (Å²) in [5.41, 5.74) is 5.89. The largest absolute Gasteiger partial charge is 0.367 e. The number of anilines is 2. The van der Waals surface area contributed by atoms with Crippen molar-refractivity contribution in [1.82, 2.24) is 14.8 Å². The van der Waals surface area contributed by atoms with Gasteiger partial charge in [0.25, 0.3) is 0 Å². The molecule has 6 nitrogen and oxygen atoms in total. The highest BCUT2D eigenvalue weighted by Crippen LogP contribution is 2.24. The number of aromatic nitrogens is 3. The Kier molecular flexibility index (Phi) is 3.69. The van der Waals surface area contributed by atoms with Gasteiger partial charge in [0.05, 0.1) is 10.0 Å². The van der Waals surface area contributed by atoms with Gasteiger partial charge in [-0.2, -0.15) is 0 Å². The van der Waals surface area contributed by atoms with Gasteiger partial charge >= 0.3 is 0 Å². The highest BCUT2D eigenvalue weighted by atomic mass is 35.5. The Morgan fingerprint density at radius 1 is 1.39 bits per heavy atom. The molecule has 0 atom stereocenters. The van der Waals surface area contributed by atoms with E-state index in [1.807, 2.05) is 0 Å². The van der Waals surface area contributed by atoms with Crippen LogP contribution in [0.1, 0.15) is 0 Å². The molecule has 0 fully saturated rings. The maximum atomic E-state index is 11.7. The highest BCUT2D eigenvalue weighted by molar-refractivity contribution is 6.42. The second-order valence-corrected chi connectivity index (χ2v) is 4.29. The lowest BCUT2D eigenvalue weighted by molar-refractivity contribution is -0.116. The lowest BCUT2D eigenvalue weighted by Gasteiger charge is -2.06. The van der Waals surface area contributed by atoms with Gasteiger partial charge in [0, 0.05) is 5.69 Å². The number of nitrogens with two attached hydrogens (primary N) is 1. The number of benzene rings is 1. The summed E-state index contributed by atoms with van der Waals surface area (Å²) in [5, 5.41) is 7.26. The van der Waals surface area contributed by atoms with Gasteiger partial charge in [-0.15, -0.1) is 5.10 Å². The zero-order chi connectivity index (χ0) is 13.1. The molecule has 1 amide bonds. The van der Waals surface area contributed by atoms with Gasteiger partial charge in [-0.05, 0) is 18.2 Å². The third-order valence-corrected chi connectivity index (χ3v) is 2.80. The van der Waals surface area contributed by atoms with Crippen molar-refractivity contribution in [3.05, 3.63) is 34.6 Å². The van der Waals surface area contributed by atoms with Crippen molar-refractivity contribution in [2.24, 2.45) is 0 Å². The number of hydrogen-bond donors (Lipinski definition) is 2. The molecule has 0 saturated heterocycles. The molecule has 0 aliphatic rings. The van der Waals surface area contributed by atoms with Gasteiger partial charge in [0.2, 0.25) is 11.9 Å². The minimum atomic E-state index is -0.265. The molecule has 0 aliphatic heterocycles. The predicted octanol–water partition coefficient (Wildman–Crippen LogP) is 1.81. The molecule has 1 aromatic heterocycles. The monoisotopic (exact) mass is 285 g/mol. The van der Waals surface area contributed by atoms with Crippen LogP contribution in [0.5, 0.6) is 0 Å². The fraction of sp³-hybridized carbons (Fsp3) is 0.100. The number of nitrogens with zero attached hydrogens (tertiary/aromatic N) is 3. The highest BCUT2D eigenvalue weighted by Gasteiger charge is 2.06. The summed E-state index contributed by atoms with van der Waals surface area (Å²) in [6.07, 6.45) is 1.38.